The highest BCUT2D eigenvalue weighted by molar-refractivity contribution is 6.29. The number of aromatic nitrogens is 4. The molecule has 0 fully saturated rings. The predicted octanol–water partition coefficient (Wildman–Crippen LogP) is 5.91. The fourth-order valence-corrected chi connectivity index (χ4v) is 5.15. The van der Waals surface area contributed by atoms with Gasteiger partial charge in [0.15, 0.2) is 0 Å². The number of ether oxygens (including phenoxy) is 1. The topological polar surface area (TPSA) is 68.1 Å². The van der Waals surface area contributed by atoms with E-state index in [-0.39, 0.29) is 5.92 Å². The van der Waals surface area contributed by atoms with Gasteiger partial charge in [-0.25, -0.2) is 9.97 Å². The summed E-state index contributed by atoms with van der Waals surface area (Å²) in [5, 5.41) is 3.88. The number of hydrogen-bond acceptors (Lipinski definition) is 6. The van der Waals surface area contributed by atoms with Crippen LogP contribution in [-0.2, 0) is 6.42 Å². The highest BCUT2D eigenvalue weighted by atomic mass is 35.5. The molecule has 1 unspecified atom stereocenters. The molecule has 7 nitrogen and oxygen atoms in total. The van der Waals surface area contributed by atoms with E-state index in [1.54, 1.807) is 12.5 Å². The summed E-state index contributed by atoms with van der Waals surface area (Å²) >= 11 is 6.07. The van der Waals surface area contributed by atoms with Crippen LogP contribution in [0.25, 0.3) is 5.69 Å². The second kappa shape index (κ2) is 9.66. The van der Waals surface area contributed by atoms with Crippen molar-refractivity contribution >= 4 is 29.1 Å². The van der Waals surface area contributed by atoms with Crippen LogP contribution < -0.4 is 15.0 Å². The molecule has 3 heterocycles. The van der Waals surface area contributed by atoms with Gasteiger partial charge in [0.25, 0.3) is 0 Å². The van der Waals surface area contributed by atoms with Crippen molar-refractivity contribution in [2.75, 3.05) is 30.4 Å². The average molecular weight is 499 g/mol. The van der Waals surface area contributed by atoms with Crippen molar-refractivity contribution in [2.45, 2.75) is 25.2 Å². The van der Waals surface area contributed by atoms with Gasteiger partial charge in [-0.1, -0.05) is 54.1 Å². The number of fused-ring (bicyclic) bond motifs is 6. The summed E-state index contributed by atoms with van der Waals surface area (Å²) in [6.07, 6.45) is 10.6. The first-order valence-electron chi connectivity index (χ1n) is 12.2. The van der Waals surface area contributed by atoms with E-state index in [9.17, 15) is 0 Å². The lowest BCUT2D eigenvalue weighted by Crippen LogP contribution is -2.22. The van der Waals surface area contributed by atoms with Crippen molar-refractivity contribution < 1.29 is 4.74 Å². The normalized spacial score (nSPS) is 17.2. The van der Waals surface area contributed by atoms with Gasteiger partial charge in [-0.2, -0.15) is 4.98 Å². The average Bonchev–Trinajstić information content (AvgIpc) is 3.52. The van der Waals surface area contributed by atoms with E-state index < -0.39 is 0 Å². The molecule has 2 aromatic heterocycles. The van der Waals surface area contributed by atoms with E-state index in [1.807, 2.05) is 22.8 Å². The van der Waals surface area contributed by atoms with Gasteiger partial charge < -0.3 is 19.5 Å². The maximum Gasteiger partial charge on any atom is 0.229 e. The lowest BCUT2D eigenvalue weighted by atomic mass is 9.97. The third-order valence-corrected chi connectivity index (χ3v) is 6.97. The Morgan fingerprint density at radius 2 is 1.97 bits per heavy atom. The molecule has 8 heteroatoms. The highest BCUT2D eigenvalue weighted by Crippen LogP contribution is 2.41. The summed E-state index contributed by atoms with van der Waals surface area (Å²) in [4.78, 5) is 16.4. The Morgan fingerprint density at radius 1 is 1.08 bits per heavy atom. The molecule has 36 heavy (non-hydrogen) atoms. The molecule has 0 spiro atoms. The van der Waals surface area contributed by atoms with Crippen molar-refractivity contribution in [1.29, 1.82) is 0 Å². The van der Waals surface area contributed by atoms with Gasteiger partial charge >= 0.3 is 0 Å². The molecular formula is C28H27ClN6O. The van der Waals surface area contributed by atoms with Gasteiger partial charge in [0.2, 0.25) is 5.95 Å². The summed E-state index contributed by atoms with van der Waals surface area (Å²) in [6.45, 7) is 1.33. The highest BCUT2D eigenvalue weighted by Gasteiger charge is 2.30. The number of anilines is 3. The van der Waals surface area contributed by atoms with Crippen LogP contribution in [-0.4, -0.2) is 39.7 Å². The zero-order chi connectivity index (χ0) is 24.5. The molecule has 2 aromatic carbocycles. The minimum Gasteiger partial charge on any atom is -0.487 e. The molecular weight excluding hydrogens is 472 g/mol. The zero-order valence-corrected chi connectivity index (χ0v) is 20.8. The third kappa shape index (κ3) is 4.42. The lowest BCUT2D eigenvalue weighted by molar-refractivity contribution is 0.361. The van der Waals surface area contributed by atoms with E-state index in [0.29, 0.717) is 17.7 Å². The van der Waals surface area contributed by atoms with Gasteiger partial charge in [-0.05, 0) is 37.0 Å². The smallest absolute Gasteiger partial charge is 0.229 e. The predicted molar refractivity (Wildman–Crippen MR) is 143 cm³/mol. The molecule has 4 aromatic rings. The van der Waals surface area contributed by atoms with Crippen LogP contribution in [0.2, 0.25) is 5.15 Å². The molecule has 0 saturated carbocycles. The van der Waals surface area contributed by atoms with Crippen LogP contribution >= 0.6 is 11.6 Å². The Morgan fingerprint density at radius 3 is 2.81 bits per heavy atom. The maximum absolute atomic E-state index is 6.14. The van der Waals surface area contributed by atoms with Gasteiger partial charge in [0.05, 0.1) is 11.4 Å². The van der Waals surface area contributed by atoms with Gasteiger partial charge in [-0.3, -0.25) is 0 Å². The summed E-state index contributed by atoms with van der Waals surface area (Å²) < 4.78 is 8.00. The van der Waals surface area contributed by atoms with Crippen molar-refractivity contribution in [3.05, 3.63) is 95.2 Å². The number of benzene rings is 2. The number of rotatable bonds is 2. The SMILES string of the molecule is CN1CCC=CCOc2cc(ccc2-n2cnc(Cl)c2)Nc2nc3c(c1n2)CCC3c1ccccc1. The Kier molecular flexibility index (Phi) is 6.07. The Hall–Kier alpha value is -3.84. The minimum absolute atomic E-state index is 0.267. The number of hydrogen-bond donors (Lipinski definition) is 1. The number of imidazole rings is 1. The number of halogens is 1. The van der Waals surface area contributed by atoms with E-state index in [1.165, 1.54) is 11.1 Å². The first-order chi connectivity index (χ1) is 17.7. The van der Waals surface area contributed by atoms with Crippen LogP contribution in [0.1, 0.15) is 35.6 Å². The zero-order valence-electron chi connectivity index (χ0n) is 20.1. The maximum atomic E-state index is 6.14. The third-order valence-electron chi connectivity index (χ3n) is 6.77. The summed E-state index contributed by atoms with van der Waals surface area (Å²) in [6, 6.07) is 16.6. The molecule has 1 atom stereocenters. The van der Waals surface area contributed by atoms with Crippen molar-refractivity contribution in [2.24, 2.45) is 0 Å². The lowest BCUT2D eigenvalue weighted by Gasteiger charge is -2.22. The van der Waals surface area contributed by atoms with Gasteiger partial charge in [0, 0.05) is 43.0 Å². The Labute approximate surface area is 215 Å². The largest absolute Gasteiger partial charge is 0.487 e. The van der Waals surface area contributed by atoms with Crippen LogP contribution in [0.5, 0.6) is 5.75 Å². The molecule has 1 aliphatic heterocycles. The molecule has 6 rings (SSSR count). The summed E-state index contributed by atoms with van der Waals surface area (Å²) in [7, 11) is 2.11. The van der Waals surface area contributed by atoms with E-state index in [4.69, 9.17) is 26.3 Å². The minimum atomic E-state index is 0.267. The monoisotopic (exact) mass is 498 g/mol. The molecule has 2 aliphatic rings. The summed E-state index contributed by atoms with van der Waals surface area (Å²) in [5.74, 6) is 2.59. The molecule has 182 valence electrons. The Balaban J connectivity index is 1.43. The second-order valence-electron chi connectivity index (χ2n) is 9.14. The van der Waals surface area contributed by atoms with Crippen LogP contribution in [0.3, 0.4) is 0 Å². The molecule has 1 N–H and O–H groups in total. The number of nitrogens with one attached hydrogen (secondary N) is 1. The van der Waals surface area contributed by atoms with E-state index in [0.717, 1.165) is 54.4 Å². The van der Waals surface area contributed by atoms with E-state index in [2.05, 4.69) is 64.7 Å². The van der Waals surface area contributed by atoms with Gasteiger partial charge in [0.1, 0.15) is 29.7 Å². The molecule has 0 saturated heterocycles. The van der Waals surface area contributed by atoms with E-state index >= 15 is 0 Å². The van der Waals surface area contributed by atoms with Crippen molar-refractivity contribution in [1.82, 2.24) is 19.5 Å². The first kappa shape index (κ1) is 22.6. The molecule has 0 amide bonds. The quantitative estimate of drug-likeness (QED) is 0.346. The second-order valence-corrected chi connectivity index (χ2v) is 9.53. The van der Waals surface area contributed by atoms with Crippen molar-refractivity contribution in [3.63, 3.8) is 0 Å². The fraction of sp³-hybridized carbons (Fsp3) is 0.250. The van der Waals surface area contributed by atoms with Crippen LogP contribution in [0.15, 0.2) is 73.2 Å². The van der Waals surface area contributed by atoms with Crippen LogP contribution in [0.4, 0.5) is 17.5 Å². The molecule has 0 radical (unpaired) electrons. The molecule has 4 bridgehead atoms. The Bertz CT molecular complexity index is 1420. The molecule has 1 aliphatic carbocycles. The summed E-state index contributed by atoms with van der Waals surface area (Å²) in [5.41, 5.74) is 5.38. The fourth-order valence-electron chi connectivity index (χ4n) is 5.00. The number of nitrogens with zero attached hydrogens (tertiary/aromatic N) is 5. The van der Waals surface area contributed by atoms with Crippen molar-refractivity contribution in [3.8, 4) is 11.4 Å². The first-order valence-corrected chi connectivity index (χ1v) is 12.6. The van der Waals surface area contributed by atoms with Gasteiger partial charge in [-0.15, -0.1) is 0 Å². The standard InChI is InChI=1S/C28H27ClN6O/c1-34-14-6-3-7-15-36-24-16-20(10-13-23(24)35-17-25(29)30-18-35)31-28-32-26-21(19-8-4-2-5-9-19)11-12-22(26)27(34)33-28/h2-5,7-10,13,16-18,21H,6,11-12,14-15H2,1H3,(H,31,32,33). The van der Waals surface area contributed by atoms with Crippen LogP contribution in [0, 0.1) is 0 Å².